The van der Waals surface area contributed by atoms with E-state index in [1.54, 1.807) is 0 Å². The summed E-state index contributed by atoms with van der Waals surface area (Å²) in [7, 11) is 1.93. The molecule has 1 heterocycles. The van der Waals surface area contributed by atoms with Gasteiger partial charge in [-0.05, 0) is 5.56 Å². The molecule has 17 heavy (non-hydrogen) atoms. The van der Waals surface area contributed by atoms with Crippen LogP contribution >= 0.6 is 0 Å². The summed E-state index contributed by atoms with van der Waals surface area (Å²) in [6.45, 7) is 0.931. The molecule has 4 heteroatoms. The van der Waals surface area contributed by atoms with Crippen LogP contribution in [0.1, 0.15) is 5.56 Å². The summed E-state index contributed by atoms with van der Waals surface area (Å²) in [6, 6.07) is 9.89. The van der Waals surface area contributed by atoms with Crippen LogP contribution in [-0.4, -0.2) is 10.5 Å². The van der Waals surface area contributed by atoms with E-state index in [1.165, 1.54) is 0 Å². The first-order chi connectivity index (χ1) is 8.24. The lowest BCUT2D eigenvalue weighted by Crippen LogP contribution is -2.28. The summed E-state index contributed by atoms with van der Waals surface area (Å²) in [5, 5.41) is 2.89. The maximum Gasteiger partial charge on any atom is 0.262 e. The Hall–Kier alpha value is -2.10. The third kappa shape index (κ3) is 3.45. The standard InChI is InChI=1S/C13H15N3O/c1-15-7-8-16(11-15)10-13(17)14-9-12-5-3-2-4-6-12/h2-8,11H,9-10H2,1H3/p+1. The van der Waals surface area contributed by atoms with E-state index in [4.69, 9.17) is 0 Å². The summed E-state index contributed by atoms with van der Waals surface area (Å²) >= 11 is 0. The van der Waals surface area contributed by atoms with Gasteiger partial charge in [0.05, 0.1) is 7.05 Å². The van der Waals surface area contributed by atoms with Gasteiger partial charge in [0, 0.05) is 6.54 Å². The van der Waals surface area contributed by atoms with Gasteiger partial charge in [-0.2, -0.15) is 0 Å². The van der Waals surface area contributed by atoms with Gasteiger partial charge in [-0.1, -0.05) is 30.3 Å². The molecule has 0 radical (unpaired) electrons. The molecule has 0 aliphatic heterocycles. The van der Waals surface area contributed by atoms with Gasteiger partial charge in [-0.15, -0.1) is 0 Å². The van der Waals surface area contributed by atoms with E-state index in [0.717, 1.165) is 5.56 Å². The first kappa shape index (κ1) is 11.4. The second kappa shape index (κ2) is 5.30. The molecule has 1 aromatic heterocycles. The van der Waals surface area contributed by atoms with Crippen LogP contribution in [-0.2, 0) is 24.9 Å². The van der Waals surface area contributed by atoms with Crippen LogP contribution < -0.4 is 9.88 Å². The number of aromatic nitrogens is 2. The van der Waals surface area contributed by atoms with Gasteiger partial charge in [0.15, 0.2) is 6.54 Å². The lowest BCUT2D eigenvalue weighted by molar-refractivity contribution is -0.671. The van der Waals surface area contributed by atoms with Crippen LogP contribution in [0.3, 0.4) is 0 Å². The molecule has 1 aromatic carbocycles. The molecule has 0 saturated heterocycles. The van der Waals surface area contributed by atoms with Crippen LogP contribution in [0, 0.1) is 0 Å². The molecule has 1 N–H and O–H groups in total. The number of carbonyl (C=O) groups is 1. The summed E-state index contributed by atoms with van der Waals surface area (Å²) in [4.78, 5) is 11.7. The Balaban J connectivity index is 1.82. The molecular formula is C13H16N3O+. The van der Waals surface area contributed by atoms with Gasteiger partial charge >= 0.3 is 0 Å². The molecule has 2 aromatic rings. The van der Waals surface area contributed by atoms with Crippen molar-refractivity contribution >= 4 is 5.91 Å². The molecule has 0 saturated carbocycles. The van der Waals surface area contributed by atoms with Crippen LogP contribution in [0.4, 0.5) is 0 Å². The molecule has 0 unspecified atom stereocenters. The maximum atomic E-state index is 11.7. The molecule has 88 valence electrons. The Morgan fingerprint density at radius 3 is 2.76 bits per heavy atom. The first-order valence-corrected chi connectivity index (χ1v) is 5.56. The van der Waals surface area contributed by atoms with Gasteiger partial charge in [-0.3, -0.25) is 4.79 Å². The van der Waals surface area contributed by atoms with Crippen molar-refractivity contribution in [3.8, 4) is 0 Å². The van der Waals surface area contributed by atoms with E-state index in [1.807, 2.05) is 65.2 Å². The Morgan fingerprint density at radius 1 is 1.35 bits per heavy atom. The highest BCUT2D eigenvalue weighted by molar-refractivity contribution is 5.75. The number of hydrogen-bond acceptors (Lipinski definition) is 1. The molecule has 0 bridgehead atoms. The minimum Gasteiger partial charge on any atom is -0.349 e. The van der Waals surface area contributed by atoms with Gasteiger partial charge < -0.3 is 5.32 Å². The number of hydrogen-bond donors (Lipinski definition) is 1. The molecule has 1 amide bonds. The molecule has 4 nitrogen and oxygen atoms in total. The fourth-order valence-corrected chi connectivity index (χ4v) is 1.61. The zero-order chi connectivity index (χ0) is 12.1. The normalized spacial score (nSPS) is 10.2. The summed E-state index contributed by atoms with van der Waals surface area (Å²) in [6.07, 6.45) is 5.66. The van der Waals surface area contributed by atoms with Crippen LogP contribution in [0.2, 0.25) is 0 Å². The highest BCUT2D eigenvalue weighted by atomic mass is 16.1. The maximum absolute atomic E-state index is 11.7. The van der Waals surface area contributed by atoms with Crippen molar-refractivity contribution in [2.24, 2.45) is 7.05 Å². The molecular weight excluding hydrogens is 214 g/mol. The van der Waals surface area contributed by atoms with Crippen LogP contribution in [0.25, 0.3) is 0 Å². The van der Waals surface area contributed by atoms with Crippen molar-refractivity contribution < 1.29 is 9.36 Å². The number of rotatable bonds is 4. The molecule has 0 spiro atoms. The monoisotopic (exact) mass is 230 g/mol. The van der Waals surface area contributed by atoms with Gasteiger partial charge in [0.2, 0.25) is 6.33 Å². The Labute approximate surface area is 101 Å². The number of nitrogens with one attached hydrogen (secondary N) is 1. The van der Waals surface area contributed by atoms with Crippen molar-refractivity contribution in [2.75, 3.05) is 0 Å². The molecule has 0 aliphatic carbocycles. The minimum absolute atomic E-state index is 0.0186. The SMILES string of the molecule is C[n+]1ccn(CC(=O)NCc2ccccc2)c1. The van der Waals surface area contributed by atoms with E-state index in [9.17, 15) is 4.79 Å². The van der Waals surface area contributed by atoms with E-state index in [2.05, 4.69) is 5.32 Å². The number of nitrogens with zero attached hydrogens (tertiary/aromatic N) is 2. The summed E-state index contributed by atoms with van der Waals surface area (Å²) in [5.74, 6) is 0.0186. The Bertz CT molecular complexity index is 490. The minimum atomic E-state index is 0.0186. The average molecular weight is 230 g/mol. The second-order valence-corrected chi connectivity index (χ2v) is 4.01. The first-order valence-electron chi connectivity index (χ1n) is 5.56. The van der Waals surface area contributed by atoms with Crippen LogP contribution in [0.15, 0.2) is 49.1 Å². The van der Waals surface area contributed by atoms with Gasteiger partial charge in [0.25, 0.3) is 5.91 Å². The highest BCUT2D eigenvalue weighted by Gasteiger charge is 2.06. The smallest absolute Gasteiger partial charge is 0.262 e. The van der Waals surface area contributed by atoms with Gasteiger partial charge in [0.1, 0.15) is 12.4 Å². The Morgan fingerprint density at radius 2 is 2.12 bits per heavy atom. The predicted molar refractivity (Wildman–Crippen MR) is 63.9 cm³/mol. The van der Waals surface area contributed by atoms with E-state index in [0.29, 0.717) is 13.1 Å². The lowest BCUT2D eigenvalue weighted by Gasteiger charge is -2.03. The van der Waals surface area contributed by atoms with Crippen molar-refractivity contribution in [1.29, 1.82) is 0 Å². The molecule has 0 aliphatic rings. The van der Waals surface area contributed by atoms with E-state index >= 15 is 0 Å². The lowest BCUT2D eigenvalue weighted by atomic mass is 10.2. The third-order valence-corrected chi connectivity index (χ3v) is 2.48. The van der Waals surface area contributed by atoms with E-state index in [-0.39, 0.29) is 5.91 Å². The number of imidazole rings is 1. The topological polar surface area (TPSA) is 37.9 Å². The Kier molecular flexibility index (Phi) is 3.55. The highest BCUT2D eigenvalue weighted by Crippen LogP contribution is 1.97. The average Bonchev–Trinajstić information content (AvgIpc) is 2.73. The van der Waals surface area contributed by atoms with Crippen molar-refractivity contribution in [3.63, 3.8) is 0 Å². The quantitative estimate of drug-likeness (QED) is 0.769. The van der Waals surface area contributed by atoms with Crippen molar-refractivity contribution in [3.05, 3.63) is 54.6 Å². The van der Waals surface area contributed by atoms with Crippen LogP contribution in [0.5, 0.6) is 0 Å². The molecule has 0 fully saturated rings. The third-order valence-electron chi connectivity index (χ3n) is 2.48. The number of benzene rings is 1. The number of carbonyl (C=O) groups excluding carboxylic acids is 1. The number of amides is 1. The fraction of sp³-hybridized carbons (Fsp3) is 0.231. The molecule has 0 atom stereocenters. The van der Waals surface area contributed by atoms with Crippen molar-refractivity contribution in [2.45, 2.75) is 13.1 Å². The summed E-state index contributed by atoms with van der Waals surface area (Å²) in [5.41, 5.74) is 1.11. The second-order valence-electron chi connectivity index (χ2n) is 4.01. The van der Waals surface area contributed by atoms with E-state index < -0.39 is 0 Å². The largest absolute Gasteiger partial charge is 0.349 e. The zero-order valence-electron chi connectivity index (χ0n) is 9.84. The predicted octanol–water partition coefficient (Wildman–Crippen LogP) is 0.629. The molecule has 2 rings (SSSR count). The van der Waals surface area contributed by atoms with Crippen molar-refractivity contribution in [1.82, 2.24) is 9.88 Å². The fourth-order valence-electron chi connectivity index (χ4n) is 1.61. The summed E-state index contributed by atoms with van der Waals surface area (Å²) < 4.78 is 3.75. The van der Waals surface area contributed by atoms with Gasteiger partial charge in [-0.25, -0.2) is 9.13 Å². The zero-order valence-corrected chi connectivity index (χ0v) is 9.84. The number of aryl methyl sites for hydroxylation is 1.